The van der Waals surface area contributed by atoms with Crippen LogP contribution in [0.4, 0.5) is 0 Å². The second-order valence-corrected chi connectivity index (χ2v) is 16.7. The lowest BCUT2D eigenvalue weighted by Crippen LogP contribution is -2.69. The monoisotopic (exact) mass is 754 g/mol. The molecule has 0 aromatic heterocycles. The molecule has 0 unspecified atom stereocenters. The number of hydrogen-bond acceptors (Lipinski definition) is 7. The van der Waals surface area contributed by atoms with Crippen LogP contribution < -0.4 is 11.1 Å². The third-order valence-corrected chi connectivity index (χ3v) is 11.1. The number of nitrogens with one attached hydrogen (secondary N) is 1. The van der Waals surface area contributed by atoms with E-state index in [0.717, 1.165) is 38.5 Å². The molecule has 0 aliphatic carbocycles. The number of hydrogen-bond donors (Lipinski definition) is 5. The number of aliphatic hydroxyl groups is 3. The van der Waals surface area contributed by atoms with Crippen molar-refractivity contribution in [2.45, 2.75) is 251 Å². The molecule has 6 atom stereocenters. The van der Waals surface area contributed by atoms with Gasteiger partial charge in [-0.05, 0) is 25.2 Å². The lowest BCUT2D eigenvalue weighted by Gasteiger charge is -2.47. The third-order valence-electron chi connectivity index (χ3n) is 11.1. The van der Waals surface area contributed by atoms with E-state index in [1.165, 1.54) is 135 Å². The van der Waals surface area contributed by atoms with E-state index in [0.29, 0.717) is 19.4 Å². The number of carbonyl (C=O) groups is 2. The Hall–Kier alpha value is -1.26. The molecular weight excluding hydrogens is 666 g/mol. The number of aliphatic hydroxyl groups excluding tert-OH is 3. The lowest BCUT2D eigenvalue weighted by molar-refractivity contribution is -0.231. The van der Waals surface area contributed by atoms with Crippen molar-refractivity contribution in [3.8, 4) is 0 Å². The predicted molar refractivity (Wildman–Crippen MR) is 219 cm³/mol. The van der Waals surface area contributed by atoms with Crippen LogP contribution >= 0.6 is 0 Å². The third kappa shape index (κ3) is 23.4. The first-order valence-electron chi connectivity index (χ1n) is 22.7. The zero-order valence-corrected chi connectivity index (χ0v) is 35.1. The highest BCUT2D eigenvalue weighted by atomic mass is 16.5. The van der Waals surface area contributed by atoms with Crippen LogP contribution in [0.25, 0.3) is 0 Å². The maximum atomic E-state index is 13.9. The summed E-state index contributed by atoms with van der Waals surface area (Å²) in [7, 11) is 0. The molecule has 1 fully saturated rings. The SMILES string of the molecule is CCCCCCCCCCCCCCCCCCN(C(=O)CCCCCCCCCCCCC)[C@@H]1O[C@H](CO)[C@H](O)[C@H](O)[C@H]1NC(=O)[C@@H](N)CC(C)C. The van der Waals surface area contributed by atoms with Crippen LogP contribution in [0, 0.1) is 5.92 Å². The maximum absolute atomic E-state index is 13.9. The normalized spacial score (nSPS) is 20.9. The summed E-state index contributed by atoms with van der Waals surface area (Å²) in [4.78, 5) is 28.7. The van der Waals surface area contributed by atoms with E-state index in [9.17, 15) is 24.9 Å². The van der Waals surface area contributed by atoms with Gasteiger partial charge in [0.05, 0.1) is 12.6 Å². The van der Waals surface area contributed by atoms with E-state index in [1.807, 2.05) is 13.8 Å². The lowest BCUT2D eigenvalue weighted by atomic mass is 9.94. The minimum absolute atomic E-state index is 0.0853. The summed E-state index contributed by atoms with van der Waals surface area (Å²) in [6, 6.07) is -1.86. The van der Waals surface area contributed by atoms with Gasteiger partial charge in [-0.25, -0.2) is 0 Å². The van der Waals surface area contributed by atoms with Gasteiger partial charge in [-0.15, -0.1) is 0 Å². The van der Waals surface area contributed by atoms with Gasteiger partial charge in [0.1, 0.15) is 24.4 Å². The highest BCUT2D eigenvalue weighted by Gasteiger charge is 2.48. The average molecular weight is 754 g/mol. The summed E-state index contributed by atoms with van der Waals surface area (Å²) >= 11 is 0. The molecule has 9 heteroatoms. The molecule has 2 amide bonds. The van der Waals surface area contributed by atoms with Gasteiger partial charge in [-0.3, -0.25) is 9.59 Å². The average Bonchev–Trinajstić information content (AvgIpc) is 3.13. The van der Waals surface area contributed by atoms with Crippen molar-refractivity contribution in [2.24, 2.45) is 11.7 Å². The van der Waals surface area contributed by atoms with Gasteiger partial charge in [0, 0.05) is 13.0 Å². The first kappa shape index (κ1) is 49.8. The Morgan fingerprint density at radius 2 is 1.04 bits per heavy atom. The van der Waals surface area contributed by atoms with E-state index in [-0.39, 0.29) is 11.8 Å². The minimum atomic E-state index is -1.43. The van der Waals surface area contributed by atoms with Crippen molar-refractivity contribution in [2.75, 3.05) is 13.2 Å². The molecule has 314 valence electrons. The summed E-state index contributed by atoms with van der Waals surface area (Å²) in [5.41, 5.74) is 6.19. The minimum Gasteiger partial charge on any atom is -0.394 e. The van der Waals surface area contributed by atoms with Crippen molar-refractivity contribution in [3.05, 3.63) is 0 Å². The molecule has 1 aliphatic heterocycles. The fourth-order valence-electron chi connectivity index (χ4n) is 7.71. The molecule has 1 heterocycles. The van der Waals surface area contributed by atoms with Gasteiger partial charge in [-0.1, -0.05) is 188 Å². The molecule has 1 aliphatic rings. The molecule has 9 nitrogen and oxygen atoms in total. The zero-order chi connectivity index (χ0) is 39.1. The molecular formula is C44H87N3O6. The number of nitrogens with zero attached hydrogens (tertiary/aromatic N) is 1. The van der Waals surface area contributed by atoms with Gasteiger partial charge in [0.25, 0.3) is 0 Å². The van der Waals surface area contributed by atoms with Gasteiger partial charge in [-0.2, -0.15) is 0 Å². The van der Waals surface area contributed by atoms with Crippen molar-refractivity contribution in [3.63, 3.8) is 0 Å². The predicted octanol–water partition coefficient (Wildman–Crippen LogP) is 9.07. The second kappa shape index (κ2) is 32.9. The van der Waals surface area contributed by atoms with Gasteiger partial charge < -0.3 is 36.0 Å². The summed E-state index contributed by atoms with van der Waals surface area (Å²) in [5.74, 6) is -0.341. The number of nitrogens with two attached hydrogens (primary N) is 1. The maximum Gasteiger partial charge on any atom is 0.237 e. The van der Waals surface area contributed by atoms with Crippen LogP contribution in [0.2, 0.25) is 0 Å². The van der Waals surface area contributed by atoms with Crippen molar-refractivity contribution >= 4 is 11.8 Å². The molecule has 0 aromatic rings. The number of amides is 2. The quantitative estimate of drug-likeness (QED) is 0.0406. The molecule has 1 rings (SSSR count). The van der Waals surface area contributed by atoms with E-state index in [4.69, 9.17) is 10.5 Å². The van der Waals surface area contributed by atoms with Crippen LogP contribution in [-0.2, 0) is 14.3 Å². The first-order valence-corrected chi connectivity index (χ1v) is 22.7. The van der Waals surface area contributed by atoms with Gasteiger partial charge >= 0.3 is 0 Å². The molecule has 1 saturated heterocycles. The van der Waals surface area contributed by atoms with E-state index in [1.54, 1.807) is 4.90 Å². The summed E-state index contributed by atoms with van der Waals surface area (Å²) in [6.45, 7) is 8.39. The Kier molecular flexibility index (Phi) is 30.9. The molecule has 0 radical (unpaired) electrons. The van der Waals surface area contributed by atoms with Crippen LogP contribution in [0.15, 0.2) is 0 Å². The number of ether oxygens (including phenoxy) is 1. The van der Waals surface area contributed by atoms with Crippen molar-refractivity contribution in [1.29, 1.82) is 0 Å². The van der Waals surface area contributed by atoms with Crippen LogP contribution in [0.3, 0.4) is 0 Å². The Morgan fingerprint density at radius 1 is 0.642 bits per heavy atom. The number of rotatable bonds is 35. The highest BCUT2D eigenvalue weighted by molar-refractivity contribution is 5.82. The fourth-order valence-corrected chi connectivity index (χ4v) is 7.71. The summed E-state index contributed by atoms with van der Waals surface area (Å²) < 4.78 is 6.15. The fraction of sp³-hybridized carbons (Fsp3) is 0.955. The molecule has 0 bridgehead atoms. The Bertz CT molecular complexity index is 876. The first-order chi connectivity index (χ1) is 25.7. The van der Waals surface area contributed by atoms with Crippen LogP contribution in [0.5, 0.6) is 0 Å². The van der Waals surface area contributed by atoms with E-state index in [2.05, 4.69) is 19.2 Å². The number of unbranched alkanes of at least 4 members (excludes halogenated alkanes) is 25. The second-order valence-electron chi connectivity index (χ2n) is 16.7. The van der Waals surface area contributed by atoms with Gasteiger partial charge in [0.15, 0.2) is 6.23 Å². The Morgan fingerprint density at radius 3 is 1.43 bits per heavy atom. The molecule has 0 spiro atoms. The largest absolute Gasteiger partial charge is 0.394 e. The number of carbonyl (C=O) groups excluding carboxylic acids is 2. The zero-order valence-electron chi connectivity index (χ0n) is 35.1. The Labute approximate surface area is 326 Å². The smallest absolute Gasteiger partial charge is 0.237 e. The molecule has 0 saturated carbocycles. The standard InChI is InChI=1S/C44H87N3O6/c1-5-7-9-11-13-15-17-18-19-20-21-23-25-27-29-31-33-47(39(49)32-30-28-26-24-22-16-14-12-10-8-6-2)44-40(42(51)41(50)38(35-48)53-44)46-43(52)37(45)34-36(3)4/h36-38,40-42,44,48,50-51H,5-35,45H2,1-4H3,(H,46,52)/t37-,38+,40+,41-,42+,44+/m0/s1. The van der Waals surface area contributed by atoms with Crippen molar-refractivity contribution < 1.29 is 29.6 Å². The van der Waals surface area contributed by atoms with Crippen LogP contribution in [0.1, 0.15) is 214 Å². The summed E-state index contributed by atoms with van der Waals surface area (Å²) in [6.07, 6.45) is 29.1. The van der Waals surface area contributed by atoms with E-state index < -0.39 is 49.1 Å². The van der Waals surface area contributed by atoms with Crippen LogP contribution in [-0.4, -0.2) is 81.8 Å². The van der Waals surface area contributed by atoms with Gasteiger partial charge in [0.2, 0.25) is 11.8 Å². The molecule has 53 heavy (non-hydrogen) atoms. The topological polar surface area (TPSA) is 145 Å². The highest BCUT2D eigenvalue weighted by Crippen LogP contribution is 2.26. The molecule has 6 N–H and O–H groups in total. The van der Waals surface area contributed by atoms with Crippen molar-refractivity contribution in [1.82, 2.24) is 10.2 Å². The Balaban J connectivity index is 2.70. The summed E-state index contributed by atoms with van der Waals surface area (Å²) in [5, 5.41) is 34.8. The van der Waals surface area contributed by atoms with E-state index >= 15 is 0 Å². The molecule has 0 aromatic carbocycles.